The summed E-state index contributed by atoms with van der Waals surface area (Å²) in [5.74, 6) is 1.95. The Balaban J connectivity index is 1.45. The average Bonchev–Trinajstić information content (AvgIpc) is 3.32. The fourth-order valence-corrected chi connectivity index (χ4v) is 6.59. The maximum Gasteiger partial charge on any atom is 0.522 e. The predicted molar refractivity (Wildman–Crippen MR) is 139 cm³/mol. The van der Waals surface area contributed by atoms with Gasteiger partial charge in [0.1, 0.15) is 11.8 Å². The molecule has 0 bridgehead atoms. The van der Waals surface area contributed by atoms with Gasteiger partial charge < -0.3 is 24.0 Å². The van der Waals surface area contributed by atoms with Crippen LogP contribution in [0, 0.1) is 0 Å². The molecule has 0 aromatic heterocycles. The number of nitrogens with zero attached hydrogens (tertiary/aromatic N) is 2. The van der Waals surface area contributed by atoms with Gasteiger partial charge in [0.15, 0.2) is 11.5 Å². The van der Waals surface area contributed by atoms with Gasteiger partial charge in [0.05, 0.1) is 18.9 Å². The molecule has 2 aromatic rings. The summed E-state index contributed by atoms with van der Waals surface area (Å²) in [6.07, 6.45) is -2.40. The van der Waals surface area contributed by atoms with E-state index in [4.69, 9.17) is 49.0 Å². The van der Waals surface area contributed by atoms with E-state index in [1.54, 1.807) is 7.11 Å². The van der Waals surface area contributed by atoms with Crippen molar-refractivity contribution in [2.24, 2.45) is 0 Å². The Bertz CT molecular complexity index is 1290. The first-order chi connectivity index (χ1) is 18.0. The molecule has 4 heterocycles. The minimum Gasteiger partial charge on any atom is -0.495 e. The van der Waals surface area contributed by atoms with Gasteiger partial charge in [0, 0.05) is 36.5 Å². The second-order valence-corrected chi connectivity index (χ2v) is 12.0. The van der Waals surface area contributed by atoms with E-state index in [9.17, 15) is 13.2 Å². The molecule has 4 aliphatic heterocycles. The van der Waals surface area contributed by atoms with Crippen LogP contribution in [-0.4, -0.2) is 54.7 Å². The number of hydrogen-bond donors (Lipinski definition) is 0. The molecule has 0 aliphatic carbocycles. The lowest BCUT2D eigenvalue weighted by Crippen LogP contribution is -2.44. The number of halogens is 6. The summed E-state index contributed by atoms with van der Waals surface area (Å²) in [6.45, 7) is 1.44. The van der Waals surface area contributed by atoms with E-state index < -0.39 is 22.3 Å². The molecule has 6 nitrogen and oxygen atoms in total. The van der Waals surface area contributed by atoms with Gasteiger partial charge in [-0.1, -0.05) is 40.9 Å². The summed E-state index contributed by atoms with van der Waals surface area (Å²) >= 11 is 20.1. The highest BCUT2D eigenvalue weighted by molar-refractivity contribution is 6.68. The first-order valence-electron chi connectivity index (χ1n) is 12.2. The van der Waals surface area contributed by atoms with Crippen LogP contribution >= 0.6 is 34.8 Å². The maximum atomic E-state index is 12.8. The van der Waals surface area contributed by atoms with Crippen molar-refractivity contribution in [3.05, 3.63) is 46.5 Å². The van der Waals surface area contributed by atoms with Gasteiger partial charge in [0.2, 0.25) is 10.6 Å². The van der Waals surface area contributed by atoms with Gasteiger partial charge >= 0.3 is 6.36 Å². The van der Waals surface area contributed by atoms with E-state index in [0.29, 0.717) is 37.6 Å². The smallest absolute Gasteiger partial charge is 0.495 e. The molecule has 4 aliphatic rings. The molecule has 12 heteroatoms. The van der Waals surface area contributed by atoms with E-state index in [2.05, 4.69) is 15.7 Å². The van der Waals surface area contributed by atoms with Crippen LogP contribution < -0.4 is 19.1 Å². The number of anilines is 1. The van der Waals surface area contributed by atoms with Crippen LogP contribution in [0.15, 0.2) is 24.3 Å². The molecule has 1 unspecified atom stereocenters. The van der Waals surface area contributed by atoms with Crippen molar-refractivity contribution in [1.29, 1.82) is 0 Å². The van der Waals surface area contributed by atoms with Crippen molar-refractivity contribution >= 4 is 52.3 Å². The third-order valence-corrected chi connectivity index (χ3v) is 8.11. The molecule has 2 aromatic carbocycles. The van der Waals surface area contributed by atoms with Gasteiger partial charge in [-0.05, 0) is 54.7 Å². The van der Waals surface area contributed by atoms with Gasteiger partial charge in [-0.2, -0.15) is 0 Å². The Morgan fingerprint density at radius 2 is 1.71 bits per heavy atom. The van der Waals surface area contributed by atoms with Crippen LogP contribution in [0.4, 0.5) is 18.9 Å². The summed E-state index contributed by atoms with van der Waals surface area (Å²) in [6, 6.07) is 7.06. The third kappa shape index (κ3) is 4.61. The second-order valence-electron chi connectivity index (χ2n) is 9.65. The SMILES string of the molecule is COc1ccc2c(c1N1CCC(OC(F)(F)F)CC1)C(C(Cl)(Cl)Cl)N1CCc3cc4c(cc3C1=C2)OCO4. The number of ether oxygens (including phenoxy) is 4. The minimum atomic E-state index is -4.67. The Labute approximate surface area is 232 Å². The number of rotatable bonds is 3. The van der Waals surface area contributed by atoms with Gasteiger partial charge in [-0.3, -0.25) is 4.74 Å². The molecule has 0 N–H and O–H groups in total. The molecule has 38 heavy (non-hydrogen) atoms. The van der Waals surface area contributed by atoms with Gasteiger partial charge in [0.25, 0.3) is 0 Å². The zero-order valence-corrected chi connectivity index (χ0v) is 22.6. The van der Waals surface area contributed by atoms with Gasteiger partial charge in [-0.15, -0.1) is 13.2 Å². The van der Waals surface area contributed by atoms with Crippen LogP contribution in [0.3, 0.4) is 0 Å². The van der Waals surface area contributed by atoms with Gasteiger partial charge in [-0.25, -0.2) is 0 Å². The zero-order chi connectivity index (χ0) is 26.8. The van der Waals surface area contributed by atoms with Crippen LogP contribution in [0.25, 0.3) is 11.8 Å². The molecule has 1 saturated heterocycles. The summed E-state index contributed by atoms with van der Waals surface area (Å²) in [5.41, 5.74) is 5.34. The number of hydrogen-bond acceptors (Lipinski definition) is 6. The van der Waals surface area contributed by atoms with E-state index in [0.717, 1.165) is 39.4 Å². The lowest BCUT2D eigenvalue weighted by molar-refractivity contribution is -0.344. The van der Waals surface area contributed by atoms with E-state index >= 15 is 0 Å². The minimum absolute atomic E-state index is 0.175. The van der Waals surface area contributed by atoms with Crippen LogP contribution in [0.1, 0.15) is 41.1 Å². The van der Waals surface area contributed by atoms with Crippen molar-refractivity contribution < 1.29 is 32.1 Å². The van der Waals surface area contributed by atoms with Crippen molar-refractivity contribution in [2.75, 3.05) is 38.4 Å². The molecular formula is C26H24Cl3F3N2O4. The van der Waals surface area contributed by atoms with E-state index in [-0.39, 0.29) is 19.6 Å². The summed E-state index contributed by atoms with van der Waals surface area (Å²) in [4.78, 5) is 4.09. The predicted octanol–water partition coefficient (Wildman–Crippen LogP) is 6.71. The first kappa shape index (κ1) is 26.0. The summed E-state index contributed by atoms with van der Waals surface area (Å²) in [5, 5.41) is 0. The highest BCUT2D eigenvalue weighted by atomic mass is 35.6. The molecular weight excluding hydrogens is 568 g/mol. The van der Waals surface area contributed by atoms with Crippen LogP contribution in [-0.2, 0) is 11.2 Å². The number of piperidine rings is 1. The Kier molecular flexibility index (Phi) is 6.49. The van der Waals surface area contributed by atoms with E-state index in [1.165, 1.54) is 0 Å². The molecule has 6 rings (SSSR count). The Morgan fingerprint density at radius 3 is 2.37 bits per heavy atom. The molecule has 0 amide bonds. The number of alkyl halides is 6. The van der Waals surface area contributed by atoms with Crippen molar-refractivity contribution in [3.8, 4) is 17.2 Å². The number of fused-ring (bicyclic) bond motifs is 5. The first-order valence-corrected chi connectivity index (χ1v) is 13.3. The fourth-order valence-electron chi connectivity index (χ4n) is 5.91. The van der Waals surface area contributed by atoms with Crippen molar-refractivity contribution in [1.82, 2.24) is 4.90 Å². The Hall–Kier alpha value is -2.20. The van der Waals surface area contributed by atoms with E-state index in [1.807, 2.05) is 29.2 Å². The standard InChI is InChI=1S/C26H24Cl3F3N2O4/c1-35-19-3-2-15-10-18-17-12-21-20(36-13-37-21)11-14(17)4-9-34(18)24(25(27,28)29)22(15)23(19)33-7-5-16(6-8-33)38-26(30,31)32/h2-3,10-12,16,24H,4-9,13H2,1H3. The molecule has 204 valence electrons. The zero-order valence-electron chi connectivity index (χ0n) is 20.3. The van der Waals surface area contributed by atoms with Crippen LogP contribution in [0.2, 0.25) is 0 Å². The molecule has 1 fully saturated rings. The topological polar surface area (TPSA) is 43.4 Å². The second kappa shape index (κ2) is 9.47. The molecule has 0 radical (unpaired) electrons. The third-order valence-electron chi connectivity index (χ3n) is 7.49. The lowest BCUT2D eigenvalue weighted by Gasteiger charge is -2.47. The highest BCUT2D eigenvalue weighted by Crippen LogP contribution is 2.56. The summed E-state index contributed by atoms with van der Waals surface area (Å²) in [7, 11) is 1.55. The van der Waals surface area contributed by atoms with Crippen molar-refractivity contribution in [2.45, 2.75) is 41.6 Å². The maximum absolute atomic E-state index is 12.8. The average molecular weight is 592 g/mol. The molecule has 0 saturated carbocycles. The highest BCUT2D eigenvalue weighted by Gasteiger charge is 2.47. The normalized spacial score (nSPS) is 21.0. The fraction of sp³-hybridized carbons (Fsp3) is 0.462. The number of benzene rings is 2. The largest absolute Gasteiger partial charge is 0.522 e. The quantitative estimate of drug-likeness (QED) is 0.370. The molecule has 0 spiro atoms. The Morgan fingerprint density at radius 1 is 1.00 bits per heavy atom. The van der Waals surface area contributed by atoms with Crippen LogP contribution in [0.5, 0.6) is 17.2 Å². The molecule has 1 atom stereocenters. The lowest BCUT2D eigenvalue weighted by atomic mass is 9.85. The summed E-state index contributed by atoms with van der Waals surface area (Å²) < 4.78 is 57.9. The van der Waals surface area contributed by atoms with Crippen molar-refractivity contribution in [3.63, 3.8) is 0 Å². The monoisotopic (exact) mass is 590 g/mol. The number of methoxy groups -OCH3 is 1.